The van der Waals surface area contributed by atoms with Gasteiger partial charge < -0.3 is 0 Å². The van der Waals surface area contributed by atoms with E-state index in [4.69, 9.17) is 0 Å². The first kappa shape index (κ1) is 20.6. The van der Waals surface area contributed by atoms with Crippen LogP contribution in [0.15, 0.2) is 0 Å². The van der Waals surface area contributed by atoms with Crippen LogP contribution in [0.1, 0.15) is 96.4 Å². The Labute approximate surface area is 187 Å². The van der Waals surface area contributed by atoms with Crippen LogP contribution in [0.5, 0.6) is 0 Å². The zero-order valence-corrected chi connectivity index (χ0v) is 22.4. The lowest BCUT2D eigenvalue weighted by Crippen LogP contribution is -2.71. The Morgan fingerprint density at radius 3 is 1.73 bits per heavy atom. The smallest absolute Gasteiger partial charge is 0.0168 e. The first-order valence-electron chi connectivity index (χ1n) is 13.5. The molecule has 0 spiro atoms. The van der Waals surface area contributed by atoms with Crippen LogP contribution in [0, 0.1) is 91.2 Å². The summed E-state index contributed by atoms with van der Waals surface area (Å²) >= 11 is 0. The molecule has 6 aliphatic carbocycles. The van der Waals surface area contributed by atoms with E-state index in [1.807, 2.05) is 0 Å². The topological polar surface area (TPSA) is 0 Å². The fourth-order valence-corrected chi connectivity index (χ4v) is 15.2. The van der Waals surface area contributed by atoms with Crippen molar-refractivity contribution >= 4 is 0 Å². The van der Waals surface area contributed by atoms with E-state index in [0.717, 1.165) is 53.3 Å². The van der Waals surface area contributed by atoms with Crippen molar-refractivity contribution in [3.05, 3.63) is 0 Å². The molecule has 15 atom stereocenters. The van der Waals surface area contributed by atoms with Crippen molar-refractivity contribution in [3.63, 3.8) is 0 Å². The predicted octanol–water partition coefficient (Wildman–Crippen LogP) is 8.17. The summed E-state index contributed by atoms with van der Waals surface area (Å²) in [5.41, 5.74) is 3.22. The average molecular weight is 411 g/mol. The highest BCUT2D eigenvalue weighted by atomic mass is 15.0. The van der Waals surface area contributed by atoms with Crippen molar-refractivity contribution in [1.29, 1.82) is 0 Å². The molecule has 0 radical (unpaired) electrons. The largest absolute Gasteiger partial charge is 0.0619 e. The molecule has 15 unspecified atom stereocenters. The van der Waals surface area contributed by atoms with Crippen molar-refractivity contribution in [1.82, 2.24) is 0 Å². The number of fused-ring (bicyclic) bond motifs is 1. The molecule has 6 saturated carbocycles. The van der Waals surface area contributed by atoms with Crippen LogP contribution in [-0.4, -0.2) is 0 Å². The maximum absolute atomic E-state index is 2.84. The third-order valence-corrected chi connectivity index (χ3v) is 17.1. The lowest BCUT2D eigenvalue weighted by atomic mass is 9.29. The summed E-state index contributed by atoms with van der Waals surface area (Å²) < 4.78 is 0. The first-order chi connectivity index (χ1) is 13.5. The molecule has 0 heterocycles. The van der Waals surface area contributed by atoms with Crippen molar-refractivity contribution in [2.45, 2.75) is 96.4 Å². The molecular formula is C30H50. The summed E-state index contributed by atoms with van der Waals surface area (Å²) in [7, 11) is 0. The van der Waals surface area contributed by atoms with Crippen LogP contribution in [0.25, 0.3) is 0 Å². The van der Waals surface area contributed by atoms with E-state index < -0.39 is 0 Å². The van der Waals surface area contributed by atoms with E-state index in [2.05, 4.69) is 90.0 Å². The molecule has 0 heteroatoms. The second-order valence-electron chi connectivity index (χ2n) is 15.7. The van der Waals surface area contributed by atoms with Crippen LogP contribution in [-0.2, 0) is 0 Å². The van der Waals surface area contributed by atoms with E-state index >= 15 is 0 Å². The molecule has 0 aliphatic heterocycles. The summed E-state index contributed by atoms with van der Waals surface area (Å²) in [6, 6.07) is 0. The van der Waals surface area contributed by atoms with Crippen LogP contribution in [0.4, 0.5) is 0 Å². The number of hydrogen-bond acceptors (Lipinski definition) is 0. The minimum Gasteiger partial charge on any atom is -0.0619 e. The molecule has 6 rings (SSSR count). The fraction of sp³-hybridized carbons (Fsp3) is 1.00. The fourth-order valence-electron chi connectivity index (χ4n) is 15.2. The molecule has 6 fully saturated rings. The third kappa shape index (κ3) is 1.27. The van der Waals surface area contributed by atoms with Gasteiger partial charge >= 0.3 is 0 Å². The SMILES string of the molecule is CC1C2CC3(C)C(C)C4(C)C(C)C(C)C5(C)C6(C)C(C)C1C5(C)C(C)(C6C34)C2(C)C. The molecular weight excluding hydrogens is 360 g/mol. The van der Waals surface area contributed by atoms with Gasteiger partial charge in [0.15, 0.2) is 0 Å². The molecule has 0 N–H and O–H groups in total. The zero-order valence-electron chi connectivity index (χ0n) is 22.4. The molecule has 0 saturated heterocycles. The highest BCUT2D eigenvalue weighted by Crippen LogP contribution is 2.99. The van der Waals surface area contributed by atoms with Gasteiger partial charge in [-0.25, -0.2) is 0 Å². The van der Waals surface area contributed by atoms with Crippen LogP contribution in [0.2, 0.25) is 0 Å². The van der Waals surface area contributed by atoms with Gasteiger partial charge in [-0.1, -0.05) is 90.0 Å². The Morgan fingerprint density at radius 2 is 1.17 bits per heavy atom. The van der Waals surface area contributed by atoms with Gasteiger partial charge in [-0.15, -0.1) is 0 Å². The summed E-state index contributed by atoms with van der Waals surface area (Å²) in [4.78, 5) is 0. The lowest BCUT2D eigenvalue weighted by molar-refractivity contribution is -0.286. The van der Waals surface area contributed by atoms with Crippen LogP contribution >= 0.6 is 0 Å². The molecule has 0 nitrogen and oxygen atoms in total. The second kappa shape index (κ2) is 4.64. The van der Waals surface area contributed by atoms with Crippen molar-refractivity contribution in [2.75, 3.05) is 0 Å². The molecule has 6 bridgehead atoms. The quantitative estimate of drug-likeness (QED) is 0.378. The second-order valence-corrected chi connectivity index (χ2v) is 15.7. The minimum atomic E-state index is 0.419. The van der Waals surface area contributed by atoms with Gasteiger partial charge in [0.25, 0.3) is 0 Å². The average Bonchev–Trinajstić information content (AvgIpc) is 2.85. The third-order valence-electron chi connectivity index (χ3n) is 17.1. The van der Waals surface area contributed by atoms with Gasteiger partial charge in [-0.05, 0) is 97.6 Å². The molecule has 6 aliphatic rings. The van der Waals surface area contributed by atoms with Gasteiger partial charge in [-0.3, -0.25) is 0 Å². The summed E-state index contributed by atoms with van der Waals surface area (Å²) in [5.74, 6) is 7.71. The monoisotopic (exact) mass is 410 g/mol. The maximum Gasteiger partial charge on any atom is -0.0168 e. The molecule has 0 amide bonds. The zero-order chi connectivity index (χ0) is 22.4. The molecule has 0 aromatic heterocycles. The van der Waals surface area contributed by atoms with Crippen molar-refractivity contribution in [2.24, 2.45) is 91.2 Å². The predicted molar refractivity (Wildman–Crippen MR) is 127 cm³/mol. The van der Waals surface area contributed by atoms with Crippen molar-refractivity contribution < 1.29 is 0 Å². The lowest BCUT2D eigenvalue weighted by Gasteiger charge is -2.75. The molecule has 0 aromatic carbocycles. The maximum atomic E-state index is 2.84. The highest BCUT2D eigenvalue weighted by Gasteiger charge is 2.95. The van der Waals surface area contributed by atoms with Gasteiger partial charge in [0.1, 0.15) is 0 Å². The Balaban J connectivity index is 1.83. The highest BCUT2D eigenvalue weighted by molar-refractivity contribution is 5.41. The Hall–Kier alpha value is 0. The van der Waals surface area contributed by atoms with Gasteiger partial charge in [0.2, 0.25) is 0 Å². The van der Waals surface area contributed by atoms with Crippen LogP contribution in [0.3, 0.4) is 0 Å². The number of hydrogen-bond donors (Lipinski definition) is 0. The van der Waals surface area contributed by atoms with Crippen LogP contribution < -0.4 is 0 Å². The summed E-state index contributed by atoms with van der Waals surface area (Å²) in [6.45, 7) is 35.8. The molecule has 0 aromatic rings. The van der Waals surface area contributed by atoms with E-state index in [1.165, 1.54) is 6.42 Å². The summed E-state index contributed by atoms with van der Waals surface area (Å²) in [5, 5.41) is 0. The van der Waals surface area contributed by atoms with Gasteiger partial charge in [0, 0.05) is 0 Å². The van der Waals surface area contributed by atoms with E-state index in [9.17, 15) is 0 Å². The van der Waals surface area contributed by atoms with Gasteiger partial charge in [-0.2, -0.15) is 0 Å². The Morgan fingerprint density at radius 1 is 0.600 bits per heavy atom. The molecule has 30 heavy (non-hydrogen) atoms. The van der Waals surface area contributed by atoms with Crippen molar-refractivity contribution in [3.8, 4) is 0 Å². The first-order valence-corrected chi connectivity index (χ1v) is 13.5. The van der Waals surface area contributed by atoms with E-state index in [1.54, 1.807) is 0 Å². The standard InChI is InChI=1S/C30H50/c1-15-20-14-25(8)19(5)26(9)16(2)17(3)28(11)27(10)18(4)21(15)29(28,12)30(13,24(20,6)7)23(27)22(25)26/h15-23H,14H2,1-13H3. The minimum absolute atomic E-state index is 0.419. The number of rotatable bonds is 0. The Bertz CT molecular complexity index is 854. The van der Waals surface area contributed by atoms with Gasteiger partial charge in [0.05, 0.1) is 0 Å². The van der Waals surface area contributed by atoms with E-state index in [-0.39, 0.29) is 0 Å². The Kier molecular flexibility index (Phi) is 3.19. The van der Waals surface area contributed by atoms with E-state index in [0.29, 0.717) is 37.9 Å². The summed E-state index contributed by atoms with van der Waals surface area (Å²) in [6.07, 6.45) is 1.49. The normalized spacial score (nSPS) is 76.1. The molecule has 170 valence electrons.